The number of hydrogen-bond donors (Lipinski definition) is 2. The maximum absolute atomic E-state index is 6.01. The lowest BCUT2D eigenvalue weighted by Crippen LogP contribution is -2.27. The van der Waals surface area contributed by atoms with Crippen LogP contribution in [0.3, 0.4) is 0 Å². The number of pyridine rings is 1. The predicted molar refractivity (Wildman–Crippen MR) is 104 cm³/mol. The minimum Gasteiger partial charge on any atom is -0.370 e. The zero-order chi connectivity index (χ0) is 16.0. The summed E-state index contributed by atoms with van der Waals surface area (Å²) in [6, 6.07) is 12.2. The fraction of sp³-hybridized carbons (Fsp3) is 0.333. The van der Waals surface area contributed by atoms with E-state index < -0.39 is 0 Å². The molecule has 2 aromatic rings. The SMILES string of the molecule is Br.CCc1cccc(NC(N)=NCC(C)(C)c2cccnc2)c1. The van der Waals surface area contributed by atoms with Crippen molar-refractivity contribution in [1.82, 2.24) is 4.98 Å². The third kappa shape index (κ3) is 5.67. The van der Waals surface area contributed by atoms with E-state index in [1.54, 1.807) is 6.20 Å². The smallest absolute Gasteiger partial charge is 0.193 e. The maximum atomic E-state index is 6.01. The molecule has 1 heterocycles. The molecule has 124 valence electrons. The number of nitrogens with two attached hydrogens (primary N) is 1. The van der Waals surface area contributed by atoms with Crippen molar-refractivity contribution in [3.63, 3.8) is 0 Å². The standard InChI is InChI=1S/C18H24N4.BrH/c1-4-14-7-5-9-16(11-14)22-17(19)21-13-18(2,3)15-8-6-10-20-12-15;/h5-12H,4,13H2,1-3H3,(H3,19,21,22);1H. The average molecular weight is 377 g/mol. The summed E-state index contributed by atoms with van der Waals surface area (Å²) in [4.78, 5) is 8.65. The van der Waals surface area contributed by atoms with Crippen molar-refractivity contribution in [2.24, 2.45) is 10.7 Å². The van der Waals surface area contributed by atoms with E-state index >= 15 is 0 Å². The number of aliphatic imine (C=N–C) groups is 1. The number of aryl methyl sites for hydroxylation is 1. The van der Waals surface area contributed by atoms with Gasteiger partial charge in [-0.1, -0.05) is 39.0 Å². The minimum absolute atomic E-state index is 0. The van der Waals surface area contributed by atoms with Gasteiger partial charge in [-0.15, -0.1) is 17.0 Å². The van der Waals surface area contributed by atoms with Gasteiger partial charge in [0.2, 0.25) is 0 Å². The Labute approximate surface area is 149 Å². The van der Waals surface area contributed by atoms with Gasteiger partial charge in [-0.2, -0.15) is 0 Å². The van der Waals surface area contributed by atoms with Gasteiger partial charge in [0.05, 0.1) is 6.54 Å². The summed E-state index contributed by atoms with van der Waals surface area (Å²) < 4.78 is 0. The average Bonchev–Trinajstić information content (AvgIpc) is 2.54. The molecule has 0 aliphatic heterocycles. The van der Waals surface area contributed by atoms with Crippen LogP contribution in [0.4, 0.5) is 5.69 Å². The molecule has 0 spiro atoms. The Hall–Kier alpha value is -1.88. The number of aromatic nitrogens is 1. The van der Waals surface area contributed by atoms with Gasteiger partial charge in [0.1, 0.15) is 0 Å². The molecule has 0 saturated carbocycles. The molecule has 0 radical (unpaired) electrons. The summed E-state index contributed by atoms with van der Waals surface area (Å²) in [5, 5.41) is 3.15. The van der Waals surface area contributed by atoms with Crippen molar-refractivity contribution in [3.8, 4) is 0 Å². The van der Waals surface area contributed by atoms with Crippen LogP contribution in [0.15, 0.2) is 53.8 Å². The van der Waals surface area contributed by atoms with Crippen LogP contribution in [0.25, 0.3) is 0 Å². The summed E-state index contributed by atoms with van der Waals surface area (Å²) in [5.74, 6) is 0.435. The molecule has 2 rings (SSSR count). The van der Waals surface area contributed by atoms with Crippen LogP contribution >= 0.6 is 17.0 Å². The first-order valence-corrected chi connectivity index (χ1v) is 7.57. The molecule has 0 unspecified atom stereocenters. The van der Waals surface area contributed by atoms with E-state index in [1.807, 2.05) is 24.4 Å². The highest BCUT2D eigenvalue weighted by molar-refractivity contribution is 8.93. The fourth-order valence-corrected chi connectivity index (χ4v) is 2.19. The molecule has 4 nitrogen and oxygen atoms in total. The van der Waals surface area contributed by atoms with Gasteiger partial charge in [0, 0.05) is 23.5 Å². The van der Waals surface area contributed by atoms with E-state index in [4.69, 9.17) is 5.73 Å². The number of anilines is 1. The molecule has 0 bridgehead atoms. The summed E-state index contributed by atoms with van der Waals surface area (Å²) in [6.45, 7) is 7.01. The quantitative estimate of drug-likeness (QED) is 0.613. The summed E-state index contributed by atoms with van der Waals surface area (Å²) >= 11 is 0. The van der Waals surface area contributed by atoms with Gasteiger partial charge in [-0.05, 0) is 35.7 Å². The van der Waals surface area contributed by atoms with Crippen LogP contribution in [0.5, 0.6) is 0 Å². The second kappa shape index (κ2) is 8.67. The van der Waals surface area contributed by atoms with E-state index in [-0.39, 0.29) is 22.4 Å². The predicted octanol–water partition coefficient (Wildman–Crippen LogP) is 3.93. The molecule has 0 atom stereocenters. The third-order valence-corrected chi connectivity index (χ3v) is 3.70. The lowest BCUT2D eigenvalue weighted by Gasteiger charge is -2.22. The van der Waals surface area contributed by atoms with Gasteiger partial charge in [0.15, 0.2) is 5.96 Å². The first-order valence-electron chi connectivity index (χ1n) is 7.57. The van der Waals surface area contributed by atoms with Gasteiger partial charge in [-0.3, -0.25) is 9.98 Å². The second-order valence-corrected chi connectivity index (χ2v) is 6.01. The Morgan fingerprint density at radius 2 is 2.04 bits per heavy atom. The number of benzene rings is 1. The van der Waals surface area contributed by atoms with E-state index in [0.29, 0.717) is 12.5 Å². The molecule has 3 N–H and O–H groups in total. The maximum Gasteiger partial charge on any atom is 0.193 e. The van der Waals surface area contributed by atoms with Crippen LogP contribution in [-0.4, -0.2) is 17.5 Å². The summed E-state index contributed by atoms with van der Waals surface area (Å²) in [7, 11) is 0. The highest BCUT2D eigenvalue weighted by Crippen LogP contribution is 2.22. The zero-order valence-electron chi connectivity index (χ0n) is 13.9. The number of halogens is 1. The van der Waals surface area contributed by atoms with Crippen LogP contribution in [0.1, 0.15) is 31.9 Å². The van der Waals surface area contributed by atoms with Gasteiger partial charge < -0.3 is 11.1 Å². The number of hydrogen-bond acceptors (Lipinski definition) is 2. The van der Waals surface area contributed by atoms with E-state index in [2.05, 4.69) is 54.3 Å². The summed E-state index contributed by atoms with van der Waals surface area (Å²) in [5.41, 5.74) is 9.30. The Balaban J connectivity index is 0.00000264. The lowest BCUT2D eigenvalue weighted by molar-refractivity contribution is 0.538. The Morgan fingerprint density at radius 1 is 1.26 bits per heavy atom. The minimum atomic E-state index is -0.105. The second-order valence-electron chi connectivity index (χ2n) is 6.01. The monoisotopic (exact) mass is 376 g/mol. The number of guanidine groups is 1. The topological polar surface area (TPSA) is 63.3 Å². The third-order valence-electron chi connectivity index (χ3n) is 3.70. The van der Waals surface area contributed by atoms with Crippen LogP contribution < -0.4 is 11.1 Å². The van der Waals surface area contributed by atoms with Crippen molar-refractivity contribution in [1.29, 1.82) is 0 Å². The van der Waals surface area contributed by atoms with Crippen molar-refractivity contribution < 1.29 is 0 Å². The van der Waals surface area contributed by atoms with E-state index in [0.717, 1.165) is 17.7 Å². The van der Waals surface area contributed by atoms with E-state index in [1.165, 1.54) is 5.56 Å². The fourth-order valence-electron chi connectivity index (χ4n) is 2.19. The van der Waals surface area contributed by atoms with Crippen molar-refractivity contribution in [2.75, 3.05) is 11.9 Å². The molecule has 0 amide bonds. The Morgan fingerprint density at radius 3 is 2.70 bits per heavy atom. The van der Waals surface area contributed by atoms with E-state index in [9.17, 15) is 0 Å². The molecular formula is C18H25BrN4. The van der Waals surface area contributed by atoms with Gasteiger partial charge >= 0.3 is 0 Å². The normalized spacial score (nSPS) is 11.7. The van der Waals surface area contributed by atoms with Crippen molar-refractivity contribution in [2.45, 2.75) is 32.6 Å². The molecule has 23 heavy (non-hydrogen) atoms. The van der Waals surface area contributed by atoms with Crippen LogP contribution in [0.2, 0.25) is 0 Å². The molecule has 0 fully saturated rings. The zero-order valence-corrected chi connectivity index (χ0v) is 15.6. The first kappa shape index (κ1) is 19.2. The molecule has 1 aromatic carbocycles. The highest BCUT2D eigenvalue weighted by atomic mass is 79.9. The number of nitrogens with one attached hydrogen (secondary N) is 1. The van der Waals surface area contributed by atoms with Crippen molar-refractivity contribution in [3.05, 3.63) is 59.9 Å². The van der Waals surface area contributed by atoms with Gasteiger partial charge in [0.25, 0.3) is 0 Å². The van der Waals surface area contributed by atoms with Crippen molar-refractivity contribution >= 4 is 28.6 Å². The molecule has 5 heteroatoms. The lowest BCUT2D eigenvalue weighted by atomic mass is 9.86. The number of nitrogens with zero attached hydrogens (tertiary/aromatic N) is 2. The van der Waals surface area contributed by atoms with Gasteiger partial charge in [-0.25, -0.2) is 0 Å². The molecule has 0 aliphatic rings. The van der Waals surface area contributed by atoms with Crippen LogP contribution in [0, 0.1) is 0 Å². The van der Waals surface area contributed by atoms with Crippen LogP contribution in [-0.2, 0) is 11.8 Å². The molecule has 0 saturated heterocycles. The molecule has 0 aliphatic carbocycles. The molecule has 1 aromatic heterocycles. The Bertz CT molecular complexity index is 638. The largest absolute Gasteiger partial charge is 0.370 e. The summed E-state index contributed by atoms with van der Waals surface area (Å²) in [6.07, 6.45) is 4.66. The molecular weight excluding hydrogens is 352 g/mol. The first-order chi connectivity index (χ1) is 10.5. The highest BCUT2D eigenvalue weighted by Gasteiger charge is 2.20. The Kier molecular flexibility index (Phi) is 7.23. The number of rotatable bonds is 5.